The van der Waals surface area contributed by atoms with Crippen molar-refractivity contribution in [3.8, 4) is 0 Å². The Morgan fingerprint density at radius 2 is 2.05 bits per heavy atom. The summed E-state index contributed by atoms with van der Waals surface area (Å²) in [5.41, 5.74) is -0.167. The van der Waals surface area contributed by atoms with E-state index in [2.05, 4.69) is 5.32 Å². The van der Waals surface area contributed by atoms with Gasteiger partial charge in [0.05, 0.1) is 5.69 Å². The van der Waals surface area contributed by atoms with E-state index in [1.54, 1.807) is 0 Å². The van der Waals surface area contributed by atoms with Gasteiger partial charge in [-0.05, 0) is 31.4 Å². The number of urea groups is 1. The van der Waals surface area contributed by atoms with E-state index in [9.17, 15) is 18.4 Å². The maximum absolute atomic E-state index is 13.6. The summed E-state index contributed by atoms with van der Waals surface area (Å²) >= 11 is 0. The molecule has 0 aliphatic carbocycles. The fraction of sp³-hybridized carbons (Fsp3) is 0.385. The molecule has 5 nitrogen and oxygen atoms in total. The Kier molecular flexibility index (Phi) is 3.87. The Hall–Kier alpha value is -2.18. The lowest BCUT2D eigenvalue weighted by Gasteiger charge is -2.22. The molecule has 0 aromatic heterocycles. The molecule has 0 bridgehead atoms. The third-order valence-corrected chi connectivity index (χ3v) is 3.29. The van der Waals surface area contributed by atoms with Crippen molar-refractivity contribution in [2.45, 2.75) is 25.8 Å². The number of aryl methyl sites for hydroxylation is 1. The summed E-state index contributed by atoms with van der Waals surface area (Å²) < 4.78 is 27.0. The first-order valence-corrected chi connectivity index (χ1v) is 6.16. The smallest absolute Gasteiger partial charge is 0.326 e. The van der Waals surface area contributed by atoms with Crippen molar-refractivity contribution >= 4 is 17.7 Å². The van der Waals surface area contributed by atoms with Crippen LogP contribution in [0.4, 0.5) is 19.3 Å². The van der Waals surface area contributed by atoms with E-state index in [4.69, 9.17) is 5.11 Å². The van der Waals surface area contributed by atoms with Gasteiger partial charge in [-0.25, -0.2) is 18.4 Å². The van der Waals surface area contributed by atoms with Gasteiger partial charge in [-0.3, -0.25) is 0 Å². The largest absolute Gasteiger partial charge is 0.480 e. The van der Waals surface area contributed by atoms with Crippen LogP contribution in [0, 0.1) is 18.6 Å². The number of carbonyl (C=O) groups excluding carboxylic acids is 1. The first-order valence-electron chi connectivity index (χ1n) is 6.16. The first-order chi connectivity index (χ1) is 9.40. The summed E-state index contributed by atoms with van der Waals surface area (Å²) in [6, 6.07) is 0.197. The summed E-state index contributed by atoms with van der Waals surface area (Å²) in [6.07, 6.45) is 0.919. The van der Waals surface area contributed by atoms with Crippen LogP contribution in [0.25, 0.3) is 0 Å². The van der Waals surface area contributed by atoms with Crippen LogP contribution in [-0.4, -0.2) is 34.6 Å². The van der Waals surface area contributed by atoms with Crippen LogP contribution in [0.3, 0.4) is 0 Å². The zero-order valence-electron chi connectivity index (χ0n) is 10.8. The van der Waals surface area contributed by atoms with Gasteiger partial charge < -0.3 is 15.3 Å². The fourth-order valence-corrected chi connectivity index (χ4v) is 2.20. The van der Waals surface area contributed by atoms with Crippen molar-refractivity contribution in [3.05, 3.63) is 29.3 Å². The topological polar surface area (TPSA) is 69.6 Å². The number of anilines is 1. The lowest BCUT2D eigenvalue weighted by Crippen LogP contribution is -2.42. The second-order valence-corrected chi connectivity index (χ2v) is 4.70. The van der Waals surface area contributed by atoms with Crippen LogP contribution in [0.1, 0.15) is 18.4 Å². The standard InChI is InChI=1S/C13H14F2N2O3/c1-7-5-9(15)10(6-8(7)14)16-13(20)17-4-2-3-11(17)12(18)19/h5-6,11H,2-4H2,1H3,(H,16,20)(H,18,19). The van der Waals surface area contributed by atoms with Crippen molar-refractivity contribution in [1.29, 1.82) is 0 Å². The number of aliphatic carboxylic acids is 1. The van der Waals surface area contributed by atoms with Gasteiger partial charge in [-0.2, -0.15) is 0 Å². The van der Waals surface area contributed by atoms with Gasteiger partial charge in [-0.15, -0.1) is 0 Å². The van der Waals surface area contributed by atoms with Crippen LogP contribution < -0.4 is 5.32 Å². The molecule has 2 rings (SSSR count). The predicted octanol–water partition coefficient (Wildman–Crippen LogP) is 2.35. The Morgan fingerprint density at radius 1 is 1.35 bits per heavy atom. The van der Waals surface area contributed by atoms with E-state index in [1.165, 1.54) is 6.92 Å². The number of likely N-dealkylation sites (tertiary alicyclic amines) is 1. The van der Waals surface area contributed by atoms with Crippen molar-refractivity contribution in [3.63, 3.8) is 0 Å². The Morgan fingerprint density at radius 3 is 2.70 bits per heavy atom. The molecule has 1 saturated heterocycles. The molecule has 1 unspecified atom stereocenters. The van der Waals surface area contributed by atoms with Gasteiger partial charge >= 0.3 is 12.0 Å². The SMILES string of the molecule is Cc1cc(F)c(NC(=O)N2CCCC2C(=O)O)cc1F. The van der Waals surface area contributed by atoms with Crippen LogP contribution in [0.5, 0.6) is 0 Å². The number of carboxylic acids is 1. The van der Waals surface area contributed by atoms with E-state index in [-0.39, 0.29) is 17.8 Å². The van der Waals surface area contributed by atoms with E-state index in [1.807, 2.05) is 0 Å². The summed E-state index contributed by atoms with van der Waals surface area (Å²) in [5, 5.41) is 11.2. The normalized spacial score (nSPS) is 18.1. The molecular formula is C13H14F2N2O3. The molecule has 1 aromatic carbocycles. The van der Waals surface area contributed by atoms with Crippen LogP contribution in [0.2, 0.25) is 0 Å². The zero-order valence-corrected chi connectivity index (χ0v) is 10.8. The second-order valence-electron chi connectivity index (χ2n) is 4.70. The molecule has 0 radical (unpaired) electrons. The number of amides is 2. The molecule has 1 heterocycles. The Balaban J connectivity index is 2.16. The molecule has 1 aliphatic heterocycles. The quantitative estimate of drug-likeness (QED) is 0.875. The maximum Gasteiger partial charge on any atom is 0.326 e. The summed E-state index contributed by atoms with van der Waals surface area (Å²) in [6.45, 7) is 1.68. The van der Waals surface area contributed by atoms with Gasteiger partial charge in [0.1, 0.15) is 17.7 Å². The molecular weight excluding hydrogens is 270 g/mol. The maximum atomic E-state index is 13.6. The third kappa shape index (κ3) is 2.71. The van der Waals surface area contributed by atoms with Gasteiger partial charge in [0, 0.05) is 12.6 Å². The summed E-state index contributed by atoms with van der Waals surface area (Å²) in [7, 11) is 0. The summed E-state index contributed by atoms with van der Waals surface area (Å²) in [4.78, 5) is 24.0. The zero-order chi connectivity index (χ0) is 14.9. The number of carbonyl (C=O) groups is 2. The van der Waals surface area contributed by atoms with Crippen LogP contribution in [-0.2, 0) is 4.79 Å². The van der Waals surface area contributed by atoms with Crippen LogP contribution in [0.15, 0.2) is 12.1 Å². The van der Waals surface area contributed by atoms with E-state index >= 15 is 0 Å². The third-order valence-electron chi connectivity index (χ3n) is 3.29. The molecule has 1 aromatic rings. The van der Waals surface area contributed by atoms with Crippen molar-refractivity contribution in [2.24, 2.45) is 0 Å². The molecule has 1 aliphatic rings. The second kappa shape index (κ2) is 5.44. The number of halogens is 2. The van der Waals surface area contributed by atoms with Gasteiger partial charge in [-0.1, -0.05) is 0 Å². The molecule has 2 N–H and O–H groups in total. The van der Waals surface area contributed by atoms with Crippen molar-refractivity contribution in [1.82, 2.24) is 4.90 Å². The Bertz CT molecular complexity index is 563. The minimum atomic E-state index is -1.10. The highest BCUT2D eigenvalue weighted by Crippen LogP contribution is 2.22. The monoisotopic (exact) mass is 284 g/mol. The number of benzene rings is 1. The van der Waals surface area contributed by atoms with Crippen molar-refractivity contribution in [2.75, 3.05) is 11.9 Å². The minimum Gasteiger partial charge on any atom is -0.480 e. The molecule has 0 saturated carbocycles. The van der Waals surface area contributed by atoms with Gasteiger partial charge in [0.15, 0.2) is 0 Å². The average Bonchev–Trinajstić information content (AvgIpc) is 2.85. The highest BCUT2D eigenvalue weighted by atomic mass is 19.1. The number of nitrogens with one attached hydrogen (secondary N) is 1. The van der Waals surface area contributed by atoms with E-state index < -0.39 is 29.7 Å². The Labute approximate surface area is 114 Å². The minimum absolute atomic E-state index is 0.130. The molecule has 108 valence electrons. The van der Waals surface area contributed by atoms with E-state index in [0.29, 0.717) is 12.8 Å². The predicted molar refractivity (Wildman–Crippen MR) is 67.5 cm³/mol. The number of rotatable bonds is 2. The number of nitrogens with zero attached hydrogens (tertiary/aromatic N) is 1. The lowest BCUT2D eigenvalue weighted by atomic mass is 10.2. The number of hydrogen-bond acceptors (Lipinski definition) is 2. The fourth-order valence-electron chi connectivity index (χ4n) is 2.20. The van der Waals surface area contributed by atoms with Crippen LogP contribution >= 0.6 is 0 Å². The van der Waals surface area contributed by atoms with Crippen molar-refractivity contribution < 1.29 is 23.5 Å². The molecule has 1 fully saturated rings. The van der Waals surface area contributed by atoms with Gasteiger partial charge in [0.25, 0.3) is 0 Å². The molecule has 0 spiro atoms. The van der Waals surface area contributed by atoms with E-state index in [0.717, 1.165) is 17.0 Å². The average molecular weight is 284 g/mol. The molecule has 1 atom stereocenters. The molecule has 20 heavy (non-hydrogen) atoms. The summed E-state index contributed by atoms with van der Waals surface area (Å²) in [5.74, 6) is -2.51. The number of hydrogen-bond donors (Lipinski definition) is 2. The molecule has 2 amide bonds. The molecule has 7 heteroatoms. The van der Waals surface area contributed by atoms with Gasteiger partial charge in [0.2, 0.25) is 0 Å². The first kappa shape index (κ1) is 14.2. The highest BCUT2D eigenvalue weighted by Gasteiger charge is 2.34. The highest BCUT2D eigenvalue weighted by molar-refractivity contribution is 5.92. The number of carboxylic acid groups (broad SMARTS) is 1. The lowest BCUT2D eigenvalue weighted by molar-refractivity contribution is -0.141.